The van der Waals surface area contributed by atoms with Gasteiger partial charge in [-0.15, -0.1) is 11.3 Å². The van der Waals surface area contributed by atoms with E-state index in [0.717, 1.165) is 31.1 Å². The van der Waals surface area contributed by atoms with Crippen LogP contribution in [0, 0.1) is 5.92 Å². The van der Waals surface area contributed by atoms with Gasteiger partial charge in [-0.2, -0.15) is 0 Å². The van der Waals surface area contributed by atoms with Crippen molar-refractivity contribution in [3.8, 4) is 10.6 Å². The van der Waals surface area contributed by atoms with Crippen LogP contribution in [0.3, 0.4) is 0 Å². The average Bonchev–Trinajstić information content (AvgIpc) is 2.98. The van der Waals surface area contributed by atoms with E-state index in [0.29, 0.717) is 12.0 Å². The Kier molecular flexibility index (Phi) is 4.68. The smallest absolute Gasteiger partial charge is 0.123 e. The van der Waals surface area contributed by atoms with Crippen molar-refractivity contribution >= 4 is 11.3 Å². The molecule has 3 rings (SSSR count). The Balaban J connectivity index is 1.65. The van der Waals surface area contributed by atoms with Crippen molar-refractivity contribution in [2.75, 3.05) is 13.1 Å². The van der Waals surface area contributed by atoms with Crippen LogP contribution in [-0.4, -0.2) is 29.0 Å². The van der Waals surface area contributed by atoms with E-state index in [2.05, 4.69) is 41.5 Å². The van der Waals surface area contributed by atoms with Crippen molar-refractivity contribution in [2.45, 2.75) is 32.4 Å². The van der Waals surface area contributed by atoms with Gasteiger partial charge in [0.2, 0.25) is 0 Å². The molecule has 0 aliphatic carbocycles. The third-order valence-electron chi connectivity index (χ3n) is 4.36. The second-order valence-electron chi connectivity index (χ2n) is 5.87. The zero-order valence-corrected chi connectivity index (χ0v) is 13.4. The van der Waals surface area contributed by atoms with E-state index >= 15 is 0 Å². The summed E-state index contributed by atoms with van der Waals surface area (Å²) in [7, 11) is 0. The third-order valence-corrected chi connectivity index (χ3v) is 5.30. The highest BCUT2D eigenvalue weighted by Crippen LogP contribution is 2.25. The molecule has 1 saturated heterocycles. The number of thiazole rings is 1. The third kappa shape index (κ3) is 3.51. The van der Waals surface area contributed by atoms with Gasteiger partial charge in [0.25, 0.3) is 0 Å². The molecular weight excluding hydrogens is 278 g/mol. The number of nitrogens with two attached hydrogens (primary N) is 1. The molecule has 1 aliphatic rings. The predicted octanol–water partition coefficient (Wildman–Crippen LogP) is 3.37. The normalized spacial score (nSPS) is 23.3. The Morgan fingerprint density at radius 2 is 2.14 bits per heavy atom. The summed E-state index contributed by atoms with van der Waals surface area (Å²) in [5.74, 6) is 0.631. The first-order chi connectivity index (χ1) is 10.3. The van der Waals surface area contributed by atoms with E-state index in [4.69, 9.17) is 10.7 Å². The maximum absolute atomic E-state index is 6.18. The zero-order chi connectivity index (χ0) is 14.7. The first-order valence-corrected chi connectivity index (χ1v) is 8.62. The molecule has 1 aliphatic heterocycles. The summed E-state index contributed by atoms with van der Waals surface area (Å²) in [6.45, 7) is 5.39. The minimum Gasteiger partial charge on any atom is -0.327 e. The Bertz CT molecular complexity index is 566. The quantitative estimate of drug-likeness (QED) is 0.941. The summed E-state index contributed by atoms with van der Waals surface area (Å²) in [6.07, 6.45) is 2.28. The maximum atomic E-state index is 6.18. The highest BCUT2D eigenvalue weighted by molar-refractivity contribution is 7.13. The number of nitrogens with zero attached hydrogens (tertiary/aromatic N) is 2. The Morgan fingerprint density at radius 3 is 2.90 bits per heavy atom. The lowest BCUT2D eigenvalue weighted by Gasteiger charge is -2.36. The Labute approximate surface area is 130 Å². The molecule has 1 aromatic heterocycles. The molecular formula is C17H23N3S. The molecule has 2 N–H and O–H groups in total. The minimum absolute atomic E-state index is 0.376. The SMILES string of the molecule is CCC1CN(Cc2csc(-c3ccccc3)n2)CCC1N. The van der Waals surface area contributed by atoms with E-state index in [9.17, 15) is 0 Å². The first-order valence-electron chi connectivity index (χ1n) is 7.74. The molecule has 0 saturated carbocycles. The van der Waals surface area contributed by atoms with Crippen LogP contribution in [0.15, 0.2) is 35.7 Å². The molecule has 0 amide bonds. The minimum atomic E-state index is 0.376. The van der Waals surface area contributed by atoms with E-state index in [1.165, 1.54) is 17.7 Å². The zero-order valence-electron chi connectivity index (χ0n) is 12.5. The van der Waals surface area contributed by atoms with Crippen molar-refractivity contribution in [3.63, 3.8) is 0 Å². The fraction of sp³-hybridized carbons (Fsp3) is 0.471. The molecule has 2 unspecified atom stereocenters. The summed E-state index contributed by atoms with van der Waals surface area (Å²) < 4.78 is 0. The fourth-order valence-corrected chi connectivity index (χ4v) is 3.84. The van der Waals surface area contributed by atoms with Crippen molar-refractivity contribution in [1.82, 2.24) is 9.88 Å². The Hall–Kier alpha value is -1.23. The highest BCUT2D eigenvalue weighted by atomic mass is 32.1. The summed E-state index contributed by atoms with van der Waals surface area (Å²) in [6, 6.07) is 10.8. The number of piperidine rings is 1. The summed E-state index contributed by atoms with van der Waals surface area (Å²) >= 11 is 1.74. The van der Waals surface area contributed by atoms with Gasteiger partial charge in [-0.3, -0.25) is 4.90 Å². The number of benzene rings is 1. The van der Waals surface area contributed by atoms with Crippen LogP contribution in [0.2, 0.25) is 0 Å². The van der Waals surface area contributed by atoms with Gasteiger partial charge in [-0.1, -0.05) is 43.7 Å². The molecule has 0 radical (unpaired) electrons. The van der Waals surface area contributed by atoms with E-state index < -0.39 is 0 Å². The molecule has 112 valence electrons. The van der Waals surface area contributed by atoms with Gasteiger partial charge >= 0.3 is 0 Å². The van der Waals surface area contributed by atoms with Crippen molar-refractivity contribution in [1.29, 1.82) is 0 Å². The van der Waals surface area contributed by atoms with Gasteiger partial charge in [-0.05, 0) is 12.3 Å². The van der Waals surface area contributed by atoms with Gasteiger partial charge in [0.15, 0.2) is 0 Å². The van der Waals surface area contributed by atoms with Gasteiger partial charge in [0.05, 0.1) is 5.69 Å². The fourth-order valence-electron chi connectivity index (χ4n) is 3.02. The van der Waals surface area contributed by atoms with E-state index in [1.807, 2.05) is 6.07 Å². The van der Waals surface area contributed by atoms with Gasteiger partial charge in [0.1, 0.15) is 5.01 Å². The standard InChI is InChI=1S/C17H23N3S/c1-2-13-10-20(9-8-16(13)18)11-15-12-21-17(19-15)14-6-4-3-5-7-14/h3-7,12-13,16H,2,8-11,18H2,1H3. The van der Waals surface area contributed by atoms with Crippen molar-refractivity contribution < 1.29 is 0 Å². The van der Waals surface area contributed by atoms with Gasteiger partial charge in [-0.25, -0.2) is 4.98 Å². The van der Waals surface area contributed by atoms with Crippen LogP contribution in [0.5, 0.6) is 0 Å². The van der Waals surface area contributed by atoms with E-state index in [1.54, 1.807) is 11.3 Å². The number of aromatic nitrogens is 1. The topological polar surface area (TPSA) is 42.2 Å². The lowest BCUT2D eigenvalue weighted by atomic mass is 9.91. The lowest BCUT2D eigenvalue weighted by Crippen LogP contribution is -2.46. The van der Waals surface area contributed by atoms with Crippen LogP contribution in [-0.2, 0) is 6.54 Å². The molecule has 2 atom stereocenters. The molecule has 2 heterocycles. The molecule has 0 bridgehead atoms. The lowest BCUT2D eigenvalue weighted by molar-refractivity contribution is 0.144. The second kappa shape index (κ2) is 6.69. The highest BCUT2D eigenvalue weighted by Gasteiger charge is 2.25. The maximum Gasteiger partial charge on any atom is 0.123 e. The molecule has 1 fully saturated rings. The van der Waals surface area contributed by atoms with Crippen LogP contribution in [0.4, 0.5) is 0 Å². The monoisotopic (exact) mass is 301 g/mol. The van der Waals surface area contributed by atoms with Crippen molar-refractivity contribution in [3.05, 3.63) is 41.4 Å². The molecule has 3 nitrogen and oxygen atoms in total. The van der Waals surface area contributed by atoms with Gasteiger partial charge < -0.3 is 5.73 Å². The van der Waals surface area contributed by atoms with Crippen LogP contribution in [0.25, 0.3) is 10.6 Å². The summed E-state index contributed by atoms with van der Waals surface area (Å²) in [5.41, 5.74) is 8.58. The molecule has 4 heteroatoms. The van der Waals surface area contributed by atoms with Crippen LogP contribution >= 0.6 is 11.3 Å². The number of hydrogen-bond acceptors (Lipinski definition) is 4. The number of likely N-dealkylation sites (tertiary alicyclic amines) is 1. The molecule has 1 aromatic carbocycles. The molecule has 21 heavy (non-hydrogen) atoms. The average molecular weight is 301 g/mol. The van der Waals surface area contributed by atoms with E-state index in [-0.39, 0.29) is 0 Å². The molecule has 0 spiro atoms. The first kappa shape index (κ1) is 14.7. The largest absolute Gasteiger partial charge is 0.327 e. The second-order valence-corrected chi connectivity index (χ2v) is 6.72. The summed E-state index contributed by atoms with van der Waals surface area (Å²) in [4.78, 5) is 7.29. The Morgan fingerprint density at radius 1 is 1.33 bits per heavy atom. The van der Waals surface area contributed by atoms with Crippen LogP contribution in [0.1, 0.15) is 25.5 Å². The number of hydrogen-bond donors (Lipinski definition) is 1. The summed E-state index contributed by atoms with van der Waals surface area (Å²) in [5, 5.41) is 3.31. The van der Waals surface area contributed by atoms with Gasteiger partial charge in [0, 0.05) is 36.6 Å². The molecule has 2 aromatic rings. The van der Waals surface area contributed by atoms with Crippen molar-refractivity contribution in [2.24, 2.45) is 11.7 Å². The predicted molar refractivity (Wildman–Crippen MR) is 89.2 cm³/mol. The van der Waals surface area contributed by atoms with Crippen LogP contribution < -0.4 is 5.73 Å². The number of rotatable bonds is 4.